The zero-order valence-electron chi connectivity index (χ0n) is 16.3. The summed E-state index contributed by atoms with van der Waals surface area (Å²) in [6.07, 6.45) is 6.56. The number of hydrogen-bond acceptors (Lipinski definition) is 3. The summed E-state index contributed by atoms with van der Waals surface area (Å²) in [5.41, 5.74) is 3.81. The molecule has 1 fully saturated rings. The summed E-state index contributed by atoms with van der Waals surface area (Å²) in [7, 11) is 0. The number of ketones is 1. The lowest BCUT2D eigenvalue weighted by Crippen LogP contribution is -2.13. The molecule has 0 amide bonds. The molecule has 0 aromatic rings. The summed E-state index contributed by atoms with van der Waals surface area (Å²) in [4.78, 5) is 16.7. The van der Waals surface area contributed by atoms with Crippen molar-refractivity contribution in [3.8, 4) is 0 Å². The second-order valence-corrected chi connectivity index (χ2v) is 7.08. The van der Waals surface area contributed by atoms with Crippen molar-refractivity contribution in [3.05, 3.63) is 23.4 Å². The van der Waals surface area contributed by atoms with E-state index in [1.54, 1.807) is 6.92 Å². The van der Waals surface area contributed by atoms with Crippen LogP contribution >= 0.6 is 0 Å². The first kappa shape index (κ1) is 20.8. The lowest BCUT2D eigenvalue weighted by Gasteiger charge is -2.21. The Kier molecular flexibility index (Phi) is 9.20. The number of hydrogen-bond donors (Lipinski definition) is 0. The zero-order valence-corrected chi connectivity index (χ0v) is 16.3. The first-order chi connectivity index (χ1) is 11.4. The Labute approximate surface area is 148 Å². The van der Waals surface area contributed by atoms with Crippen molar-refractivity contribution in [2.45, 2.75) is 73.1 Å². The number of carbonyl (C=O) groups is 1. The normalized spacial score (nSPS) is 22.0. The van der Waals surface area contributed by atoms with Gasteiger partial charge in [-0.3, -0.25) is 9.79 Å². The fourth-order valence-corrected chi connectivity index (χ4v) is 3.05. The van der Waals surface area contributed by atoms with E-state index in [2.05, 4.69) is 27.4 Å². The molecule has 1 saturated heterocycles. The number of allylic oxidation sites excluding steroid dienone is 2. The minimum absolute atomic E-state index is 0.117. The van der Waals surface area contributed by atoms with Crippen molar-refractivity contribution in [3.63, 3.8) is 0 Å². The number of aliphatic imine (C=N–C) groups is 1. The minimum atomic E-state index is 0.117. The van der Waals surface area contributed by atoms with E-state index in [1.165, 1.54) is 25.7 Å². The highest BCUT2D eigenvalue weighted by Gasteiger charge is 2.20. The lowest BCUT2D eigenvalue weighted by atomic mass is 9.88. The van der Waals surface area contributed by atoms with Gasteiger partial charge in [0.05, 0.1) is 13.2 Å². The summed E-state index contributed by atoms with van der Waals surface area (Å²) in [6, 6.07) is 0. The molecule has 0 aliphatic carbocycles. The van der Waals surface area contributed by atoms with Gasteiger partial charge in [0.15, 0.2) is 5.78 Å². The molecule has 0 bridgehead atoms. The molecular formula is C21H35NO2. The predicted molar refractivity (Wildman–Crippen MR) is 102 cm³/mol. The smallest absolute Gasteiger partial charge is 0.155 e. The molecule has 1 rings (SSSR count). The molecule has 0 aromatic carbocycles. The Morgan fingerprint density at radius 1 is 1.21 bits per heavy atom. The van der Waals surface area contributed by atoms with Crippen LogP contribution in [0.1, 0.15) is 73.1 Å². The Morgan fingerprint density at radius 3 is 2.50 bits per heavy atom. The van der Waals surface area contributed by atoms with E-state index < -0.39 is 0 Å². The van der Waals surface area contributed by atoms with E-state index >= 15 is 0 Å². The highest BCUT2D eigenvalue weighted by atomic mass is 16.5. The van der Waals surface area contributed by atoms with Crippen LogP contribution in [0.25, 0.3) is 0 Å². The van der Waals surface area contributed by atoms with Crippen molar-refractivity contribution in [1.82, 2.24) is 0 Å². The fraction of sp³-hybridized carbons (Fsp3) is 0.714. The summed E-state index contributed by atoms with van der Waals surface area (Å²) in [5, 5.41) is 0. The Hall–Kier alpha value is -1.22. The maximum Gasteiger partial charge on any atom is 0.155 e. The van der Waals surface area contributed by atoms with Crippen molar-refractivity contribution in [1.29, 1.82) is 0 Å². The first-order valence-electron chi connectivity index (χ1n) is 9.43. The molecular weight excluding hydrogens is 298 g/mol. The van der Waals surface area contributed by atoms with Crippen LogP contribution in [0.2, 0.25) is 0 Å². The molecule has 2 atom stereocenters. The van der Waals surface area contributed by atoms with Gasteiger partial charge in [-0.05, 0) is 37.3 Å². The number of nitrogens with zero attached hydrogens (tertiary/aromatic N) is 1. The maximum atomic E-state index is 11.8. The van der Waals surface area contributed by atoms with E-state index in [9.17, 15) is 4.79 Å². The van der Waals surface area contributed by atoms with Gasteiger partial charge in [-0.15, -0.1) is 0 Å². The van der Waals surface area contributed by atoms with Gasteiger partial charge in [-0.25, -0.2) is 0 Å². The highest BCUT2D eigenvalue weighted by Crippen LogP contribution is 2.27. The Bertz CT molecular complexity index is 502. The van der Waals surface area contributed by atoms with E-state index in [-0.39, 0.29) is 5.78 Å². The lowest BCUT2D eigenvalue weighted by molar-refractivity contribution is -0.113. The van der Waals surface area contributed by atoms with Crippen LogP contribution in [-0.2, 0) is 9.53 Å². The summed E-state index contributed by atoms with van der Waals surface area (Å²) >= 11 is 0. The van der Waals surface area contributed by atoms with Gasteiger partial charge >= 0.3 is 0 Å². The monoisotopic (exact) mass is 333 g/mol. The molecule has 0 saturated carbocycles. The van der Waals surface area contributed by atoms with E-state index in [1.807, 2.05) is 6.92 Å². The van der Waals surface area contributed by atoms with Crippen molar-refractivity contribution in [2.75, 3.05) is 13.2 Å². The first-order valence-corrected chi connectivity index (χ1v) is 9.43. The van der Waals surface area contributed by atoms with Gasteiger partial charge in [0.25, 0.3) is 0 Å². The average Bonchev–Trinajstić information content (AvgIpc) is 2.78. The van der Waals surface area contributed by atoms with E-state index in [0.717, 1.165) is 35.4 Å². The molecule has 1 aliphatic heterocycles. The van der Waals surface area contributed by atoms with Gasteiger partial charge in [0.1, 0.15) is 0 Å². The number of Topliss-reactive ketones (excluding diaryl/α,β-unsaturated/α-hetero) is 1. The van der Waals surface area contributed by atoms with Crippen LogP contribution in [0.15, 0.2) is 28.4 Å². The highest BCUT2D eigenvalue weighted by molar-refractivity contribution is 6.08. The van der Waals surface area contributed by atoms with Crippen LogP contribution in [0.4, 0.5) is 0 Å². The molecule has 0 aromatic heterocycles. The number of carbonyl (C=O) groups excluding carboxylic acids is 1. The molecule has 0 N–H and O–H groups in total. The molecule has 3 nitrogen and oxygen atoms in total. The molecule has 1 heterocycles. The summed E-state index contributed by atoms with van der Waals surface area (Å²) < 4.78 is 5.58. The Balaban J connectivity index is 2.91. The van der Waals surface area contributed by atoms with Gasteiger partial charge in [-0.2, -0.15) is 0 Å². The SMILES string of the molecule is C=C(N=C1CCOCC/C1=C(/C)C(C)=O)C(C)C(C)CCCCC. The van der Waals surface area contributed by atoms with Crippen molar-refractivity contribution in [2.24, 2.45) is 16.8 Å². The van der Waals surface area contributed by atoms with Gasteiger partial charge < -0.3 is 4.74 Å². The fourth-order valence-electron chi connectivity index (χ4n) is 3.05. The minimum Gasteiger partial charge on any atom is -0.381 e. The second-order valence-electron chi connectivity index (χ2n) is 7.08. The van der Waals surface area contributed by atoms with Gasteiger partial charge in [-0.1, -0.05) is 53.0 Å². The molecule has 3 heteroatoms. The second kappa shape index (κ2) is 10.6. The largest absolute Gasteiger partial charge is 0.381 e. The van der Waals surface area contributed by atoms with Crippen LogP contribution in [0, 0.1) is 11.8 Å². The van der Waals surface area contributed by atoms with Crippen molar-refractivity contribution < 1.29 is 9.53 Å². The third-order valence-corrected chi connectivity index (χ3v) is 5.23. The molecule has 2 unspecified atom stereocenters. The molecule has 0 spiro atoms. The Morgan fingerprint density at radius 2 is 1.88 bits per heavy atom. The third kappa shape index (κ3) is 6.35. The standard InChI is InChI=1S/C21H35NO2/c1-7-8-9-10-15(2)16(3)18(5)22-21-12-14-24-13-11-20(21)17(4)19(6)23/h15-16H,5,7-14H2,1-4,6H3/b20-17+,22-21?. The van der Waals surface area contributed by atoms with Gasteiger partial charge in [0, 0.05) is 23.7 Å². The number of rotatable bonds is 8. The molecule has 136 valence electrons. The van der Waals surface area contributed by atoms with Crippen LogP contribution < -0.4 is 0 Å². The average molecular weight is 334 g/mol. The molecule has 0 radical (unpaired) electrons. The summed E-state index contributed by atoms with van der Waals surface area (Å²) in [6.45, 7) is 15.8. The predicted octanol–water partition coefficient (Wildman–Crippen LogP) is 5.51. The van der Waals surface area contributed by atoms with E-state index in [4.69, 9.17) is 9.73 Å². The molecule has 24 heavy (non-hydrogen) atoms. The molecule has 1 aliphatic rings. The topological polar surface area (TPSA) is 38.7 Å². The van der Waals surface area contributed by atoms with Crippen LogP contribution in [-0.4, -0.2) is 24.7 Å². The van der Waals surface area contributed by atoms with E-state index in [0.29, 0.717) is 25.0 Å². The third-order valence-electron chi connectivity index (χ3n) is 5.23. The van der Waals surface area contributed by atoms with Crippen LogP contribution in [0.3, 0.4) is 0 Å². The van der Waals surface area contributed by atoms with Crippen LogP contribution in [0.5, 0.6) is 0 Å². The quantitative estimate of drug-likeness (QED) is 0.434. The summed E-state index contributed by atoms with van der Waals surface area (Å²) in [5.74, 6) is 1.06. The van der Waals surface area contributed by atoms with Gasteiger partial charge in [0.2, 0.25) is 0 Å². The number of unbranched alkanes of at least 4 members (excludes halogenated alkanes) is 2. The number of ether oxygens (including phenoxy) is 1. The maximum absolute atomic E-state index is 11.8. The zero-order chi connectivity index (χ0) is 18.1. The van der Waals surface area contributed by atoms with Crippen molar-refractivity contribution >= 4 is 11.5 Å².